The summed E-state index contributed by atoms with van der Waals surface area (Å²) in [5.41, 5.74) is -0.500. The first kappa shape index (κ1) is 61.7. The Morgan fingerprint density at radius 3 is 1.35 bits per heavy atom. The molecule has 0 radical (unpaired) electrons. The average molecular weight is 911 g/mol. The molecular formula is C43H72BrMgN3O7S2. The van der Waals surface area contributed by atoms with Crippen LogP contribution >= 0.6 is 27.0 Å². The fourth-order valence-electron chi connectivity index (χ4n) is 6.58. The number of amides is 3. The fourth-order valence-corrected chi connectivity index (χ4v) is 6.58. The van der Waals surface area contributed by atoms with Gasteiger partial charge >= 0.3 is 35.2 Å². The minimum atomic E-state index is -0.585. The monoisotopic (exact) mass is 909 g/mol. The SMILES string of the molecule is C.CN(C(=O)OC(C)(C)C)[C@H](C(=O)c1ccccc1)C1CCCCC1.CON(C)C(=O)[C@H](C1CCCCC1)N(C)C(=O)OC(C)(C)C.S.S.[Br-].[Mg+2].[c-]1ccccc1. The molecule has 2 aromatic rings. The van der Waals surface area contributed by atoms with E-state index in [0.29, 0.717) is 5.56 Å². The zero-order chi connectivity index (χ0) is 38.9. The summed E-state index contributed by atoms with van der Waals surface area (Å²) in [4.78, 5) is 58.6. The standard InChI is InChI=1S/C20H29NO3.C16H30N2O4.C6H5.CH4.BrH.Mg.2H2S/c1-20(2,3)24-19(23)21(4)17(15-11-7-5-8-12-15)18(22)16-13-9-6-10-14-16;1-16(2,3)22-15(20)17(4)13(14(19)18(5)21-6)12-10-8-7-9-11-12;1-2-4-6-5-3-1;;;;;/h6,9-10,13-15,17H,5,7-8,11-12H2,1-4H3;12-13H,7-11H2,1-6H3;1-5H;1H4;1H;;2*1H2/q;;-1;;;+2;;/p-1/t17-;13-;;;;;;/m00....../s1. The van der Waals surface area contributed by atoms with E-state index in [1.165, 1.54) is 34.8 Å². The minimum absolute atomic E-state index is 0. The summed E-state index contributed by atoms with van der Waals surface area (Å²) in [5.74, 6) is 0.152. The number of carbonyl (C=O) groups is 4. The predicted octanol–water partition coefficient (Wildman–Crippen LogP) is 6.48. The van der Waals surface area contributed by atoms with Gasteiger partial charge in [-0.3, -0.25) is 19.3 Å². The Hall–Kier alpha value is -1.97. The fraction of sp³-hybridized carbons (Fsp3) is 0.628. The van der Waals surface area contributed by atoms with Gasteiger partial charge in [0.05, 0.1) is 7.11 Å². The molecule has 0 spiro atoms. The number of nitrogens with zero attached hydrogens (tertiary/aromatic N) is 3. The van der Waals surface area contributed by atoms with E-state index in [1.807, 2.05) is 102 Å². The summed E-state index contributed by atoms with van der Waals surface area (Å²) in [5, 5.41) is 1.19. The number of halogens is 1. The zero-order valence-corrected chi connectivity index (χ0v) is 40.4. The van der Waals surface area contributed by atoms with Crippen molar-refractivity contribution < 1.29 is 50.5 Å². The Morgan fingerprint density at radius 2 is 1.02 bits per heavy atom. The summed E-state index contributed by atoms with van der Waals surface area (Å²) < 4.78 is 10.9. The number of hydrogen-bond acceptors (Lipinski definition) is 7. The van der Waals surface area contributed by atoms with E-state index >= 15 is 0 Å². The first-order valence-electron chi connectivity index (χ1n) is 18.7. The van der Waals surface area contributed by atoms with Crippen molar-refractivity contribution in [2.75, 3.05) is 28.3 Å². The Bertz CT molecular complexity index is 1350. The van der Waals surface area contributed by atoms with Crippen LogP contribution in [-0.4, -0.2) is 113 Å². The van der Waals surface area contributed by atoms with Crippen LogP contribution in [-0.2, 0) is 19.1 Å². The van der Waals surface area contributed by atoms with Crippen molar-refractivity contribution in [3.63, 3.8) is 0 Å². The second kappa shape index (κ2) is 31.0. The van der Waals surface area contributed by atoms with Crippen LogP contribution in [0.2, 0.25) is 0 Å². The van der Waals surface area contributed by atoms with E-state index in [0.717, 1.165) is 51.4 Å². The number of ether oxygens (including phenoxy) is 2. The van der Waals surface area contributed by atoms with Gasteiger partial charge in [-0.15, -0.1) is 0 Å². The summed E-state index contributed by atoms with van der Waals surface area (Å²) in [6.45, 7) is 11.0. The molecule has 2 saturated carbocycles. The smallest absolute Gasteiger partial charge is 1.00 e. The van der Waals surface area contributed by atoms with Gasteiger partial charge in [-0.2, -0.15) is 63.4 Å². The number of rotatable bonds is 8. The van der Waals surface area contributed by atoms with Gasteiger partial charge < -0.3 is 31.4 Å². The molecule has 2 aliphatic rings. The number of carbonyl (C=O) groups excluding carboxylic acids is 4. The predicted molar refractivity (Wildman–Crippen MR) is 238 cm³/mol. The molecule has 10 nitrogen and oxygen atoms in total. The Balaban J connectivity index is -0.000000399. The quantitative estimate of drug-likeness (QED) is 0.129. The van der Waals surface area contributed by atoms with Crippen molar-refractivity contribution in [2.24, 2.45) is 11.8 Å². The van der Waals surface area contributed by atoms with E-state index in [2.05, 4.69) is 6.07 Å². The third kappa shape index (κ3) is 22.8. The largest absolute Gasteiger partial charge is 2.00 e. The summed E-state index contributed by atoms with van der Waals surface area (Å²) in [6.07, 6.45) is 9.77. The number of benzene rings is 2. The van der Waals surface area contributed by atoms with Crippen LogP contribution < -0.4 is 17.0 Å². The van der Waals surface area contributed by atoms with E-state index in [-0.39, 0.29) is 98.0 Å². The van der Waals surface area contributed by atoms with Crippen molar-refractivity contribution in [3.8, 4) is 0 Å². The molecule has 322 valence electrons. The van der Waals surface area contributed by atoms with Crippen molar-refractivity contribution in [1.29, 1.82) is 0 Å². The molecule has 0 saturated heterocycles. The van der Waals surface area contributed by atoms with Crippen LogP contribution in [0.4, 0.5) is 9.59 Å². The molecule has 0 N–H and O–H groups in total. The maximum absolute atomic E-state index is 13.1. The third-order valence-electron chi connectivity index (χ3n) is 9.16. The summed E-state index contributed by atoms with van der Waals surface area (Å²) >= 11 is 0. The maximum Gasteiger partial charge on any atom is 2.00 e. The first-order valence-corrected chi connectivity index (χ1v) is 18.7. The van der Waals surface area contributed by atoms with Gasteiger partial charge in [0.15, 0.2) is 5.78 Å². The molecule has 57 heavy (non-hydrogen) atoms. The van der Waals surface area contributed by atoms with Gasteiger partial charge in [-0.25, -0.2) is 14.7 Å². The number of hydrogen-bond donors (Lipinski definition) is 0. The van der Waals surface area contributed by atoms with Gasteiger partial charge in [0.2, 0.25) is 0 Å². The van der Waals surface area contributed by atoms with Crippen molar-refractivity contribution >= 4 is 73.9 Å². The number of hydroxylamine groups is 2. The molecule has 0 bridgehead atoms. The molecule has 0 aromatic heterocycles. The van der Waals surface area contributed by atoms with Gasteiger partial charge in [0.25, 0.3) is 5.91 Å². The molecule has 14 heteroatoms. The minimum Gasteiger partial charge on any atom is -1.00 e. The summed E-state index contributed by atoms with van der Waals surface area (Å²) in [6, 6.07) is 20.8. The molecule has 0 heterocycles. The van der Waals surface area contributed by atoms with Crippen LogP contribution in [0.3, 0.4) is 0 Å². The van der Waals surface area contributed by atoms with Crippen molar-refractivity contribution in [1.82, 2.24) is 14.9 Å². The molecular weight excluding hydrogens is 839 g/mol. The van der Waals surface area contributed by atoms with E-state index < -0.39 is 35.5 Å². The first-order chi connectivity index (χ1) is 24.5. The second-order valence-corrected chi connectivity index (χ2v) is 15.7. The van der Waals surface area contributed by atoms with Crippen LogP contribution in [0, 0.1) is 17.9 Å². The van der Waals surface area contributed by atoms with Gasteiger partial charge in [-0.1, -0.05) is 76.3 Å². The number of Topliss-reactive ketones (excluding diaryl/α,β-unsaturated/α-hetero) is 1. The maximum atomic E-state index is 13.1. The van der Waals surface area contributed by atoms with Gasteiger partial charge in [-0.05, 0) is 79.1 Å². The second-order valence-electron chi connectivity index (χ2n) is 15.7. The molecule has 2 fully saturated rings. The van der Waals surface area contributed by atoms with E-state index in [9.17, 15) is 19.2 Å². The van der Waals surface area contributed by atoms with Crippen LogP contribution in [0.5, 0.6) is 0 Å². The van der Waals surface area contributed by atoms with Crippen LogP contribution in [0.25, 0.3) is 0 Å². The molecule has 4 rings (SSSR count). The zero-order valence-electron chi connectivity index (χ0n) is 35.4. The van der Waals surface area contributed by atoms with E-state index in [1.54, 1.807) is 21.1 Å². The van der Waals surface area contributed by atoms with Crippen molar-refractivity contribution in [2.45, 2.75) is 136 Å². The Labute approximate surface area is 385 Å². The Morgan fingerprint density at radius 1 is 0.649 bits per heavy atom. The van der Waals surface area contributed by atoms with Gasteiger partial charge in [0.1, 0.15) is 23.3 Å². The molecule has 3 amide bonds. The topological polar surface area (TPSA) is 106 Å². The van der Waals surface area contributed by atoms with E-state index in [4.69, 9.17) is 14.3 Å². The molecule has 2 aliphatic carbocycles. The number of likely N-dealkylation sites (N-methyl/N-ethyl adjacent to an activating group) is 3. The molecule has 0 unspecified atom stereocenters. The molecule has 0 aliphatic heterocycles. The molecule has 2 aromatic carbocycles. The Kier molecular flexibility index (Phi) is 33.5. The third-order valence-corrected chi connectivity index (χ3v) is 9.16. The van der Waals surface area contributed by atoms with Crippen LogP contribution in [0.1, 0.15) is 124 Å². The summed E-state index contributed by atoms with van der Waals surface area (Å²) in [7, 11) is 6.34. The number of ketones is 1. The molecule has 2 atom stereocenters. The van der Waals surface area contributed by atoms with Crippen LogP contribution in [0.15, 0.2) is 60.7 Å². The normalized spacial score (nSPS) is 14.9. The average Bonchev–Trinajstić information content (AvgIpc) is 3.12. The van der Waals surface area contributed by atoms with Gasteiger partial charge in [0, 0.05) is 26.7 Å². The van der Waals surface area contributed by atoms with Crippen molar-refractivity contribution in [3.05, 3.63) is 72.3 Å².